The third-order valence-corrected chi connectivity index (χ3v) is 5.59. The highest BCUT2D eigenvalue weighted by atomic mass is 16.4. The van der Waals surface area contributed by atoms with Crippen molar-refractivity contribution in [2.75, 3.05) is 6.54 Å². The summed E-state index contributed by atoms with van der Waals surface area (Å²) in [5, 5.41) is 43.8. The summed E-state index contributed by atoms with van der Waals surface area (Å²) in [7, 11) is 0. The summed E-state index contributed by atoms with van der Waals surface area (Å²) in [6, 6.07) is -0.383. The Balaban J connectivity index is 3.06. The van der Waals surface area contributed by atoms with Crippen LogP contribution in [0, 0.1) is 0 Å². The molecule has 41 heavy (non-hydrogen) atoms. The number of phenols is 1. The van der Waals surface area contributed by atoms with Crippen molar-refractivity contribution < 1.29 is 49.2 Å². The van der Waals surface area contributed by atoms with Gasteiger partial charge in [-0.05, 0) is 37.0 Å². The topological polar surface area (TPSA) is 310 Å². The molecule has 17 heteroatoms. The SMILES string of the molecule is NC(N)=NCCCC(NC(=O)C(N)CCC(=O)O)C(=O)NC(CC(=O)O)C(=O)NC(Cc1ccc(O)cc1)C(=O)O. The summed E-state index contributed by atoms with van der Waals surface area (Å²) in [4.78, 5) is 76.2. The Kier molecular flexibility index (Phi) is 14.1. The Bertz CT molecular complexity index is 1120. The number of aromatic hydroxyl groups is 1. The maximum Gasteiger partial charge on any atom is 0.326 e. The molecule has 0 bridgehead atoms. The van der Waals surface area contributed by atoms with Gasteiger partial charge in [-0.1, -0.05) is 12.1 Å². The van der Waals surface area contributed by atoms with Gasteiger partial charge in [-0.2, -0.15) is 0 Å². The highest BCUT2D eigenvalue weighted by Gasteiger charge is 2.31. The molecular formula is C24H35N7O10. The number of carbonyl (C=O) groups excluding carboxylic acids is 3. The molecule has 17 nitrogen and oxygen atoms in total. The van der Waals surface area contributed by atoms with E-state index in [2.05, 4.69) is 20.9 Å². The number of phenolic OH excluding ortho intramolecular Hbond substituents is 1. The molecule has 0 heterocycles. The Labute approximate surface area is 234 Å². The smallest absolute Gasteiger partial charge is 0.326 e. The van der Waals surface area contributed by atoms with Crippen molar-refractivity contribution in [3.05, 3.63) is 29.8 Å². The van der Waals surface area contributed by atoms with Gasteiger partial charge >= 0.3 is 17.9 Å². The quantitative estimate of drug-likeness (QED) is 0.0476. The number of benzene rings is 1. The van der Waals surface area contributed by atoms with E-state index in [0.717, 1.165) is 0 Å². The van der Waals surface area contributed by atoms with Crippen molar-refractivity contribution in [3.63, 3.8) is 0 Å². The fourth-order valence-corrected chi connectivity index (χ4v) is 3.46. The van der Waals surface area contributed by atoms with E-state index >= 15 is 0 Å². The highest BCUT2D eigenvalue weighted by Crippen LogP contribution is 2.12. The number of hydrogen-bond donors (Lipinski definition) is 10. The van der Waals surface area contributed by atoms with Crippen LogP contribution in [0.2, 0.25) is 0 Å². The molecule has 0 aromatic heterocycles. The van der Waals surface area contributed by atoms with Crippen molar-refractivity contribution in [2.24, 2.45) is 22.2 Å². The molecular weight excluding hydrogens is 546 g/mol. The first-order chi connectivity index (χ1) is 19.2. The summed E-state index contributed by atoms with van der Waals surface area (Å²) in [6.45, 7) is 0.0592. The van der Waals surface area contributed by atoms with Crippen LogP contribution in [0.4, 0.5) is 0 Å². The van der Waals surface area contributed by atoms with Crippen LogP contribution in [0.1, 0.15) is 37.7 Å². The maximum atomic E-state index is 13.1. The number of amides is 3. The highest BCUT2D eigenvalue weighted by molar-refractivity contribution is 5.95. The number of nitrogens with one attached hydrogen (secondary N) is 3. The number of guanidine groups is 1. The van der Waals surface area contributed by atoms with Crippen LogP contribution in [-0.2, 0) is 35.2 Å². The second-order valence-corrected chi connectivity index (χ2v) is 8.98. The zero-order valence-electron chi connectivity index (χ0n) is 22.0. The summed E-state index contributed by atoms with van der Waals surface area (Å²) < 4.78 is 0. The molecule has 0 fully saturated rings. The molecule has 226 valence electrons. The number of aliphatic carboxylic acids is 3. The lowest BCUT2D eigenvalue weighted by Gasteiger charge is -2.24. The van der Waals surface area contributed by atoms with E-state index in [4.69, 9.17) is 22.3 Å². The van der Waals surface area contributed by atoms with Gasteiger partial charge in [-0.25, -0.2) is 4.79 Å². The van der Waals surface area contributed by atoms with Crippen LogP contribution in [0.25, 0.3) is 0 Å². The van der Waals surface area contributed by atoms with Gasteiger partial charge in [-0.15, -0.1) is 0 Å². The molecule has 1 aromatic carbocycles. The molecule has 0 aliphatic rings. The molecule has 1 rings (SSSR count). The van der Waals surface area contributed by atoms with Crippen molar-refractivity contribution in [1.29, 1.82) is 0 Å². The van der Waals surface area contributed by atoms with E-state index in [1.807, 2.05) is 0 Å². The van der Waals surface area contributed by atoms with Crippen LogP contribution in [0.5, 0.6) is 5.75 Å². The molecule has 4 unspecified atom stereocenters. The summed E-state index contributed by atoms with van der Waals surface area (Å²) in [6.07, 6.45) is -1.70. The van der Waals surface area contributed by atoms with E-state index in [1.165, 1.54) is 24.3 Å². The standard InChI is InChI=1S/C24H35N7O10/c25-14(7-8-18(33)34)20(37)29-15(2-1-9-28-24(26)27)21(38)30-16(11-19(35)36)22(39)31-17(23(40)41)10-12-3-5-13(32)6-4-12/h3-6,14-17,32H,1-2,7-11,25H2,(H,29,37)(H,30,38)(H,31,39)(H,33,34)(H,35,36)(H,40,41)(H4,26,27,28). The number of aliphatic imine (C=N–C) groups is 1. The van der Waals surface area contributed by atoms with Gasteiger partial charge in [0.2, 0.25) is 17.7 Å². The Morgan fingerprint density at radius 1 is 0.780 bits per heavy atom. The van der Waals surface area contributed by atoms with Gasteiger partial charge in [0.15, 0.2) is 5.96 Å². The third-order valence-electron chi connectivity index (χ3n) is 5.59. The number of hydrogen-bond acceptors (Lipinski definition) is 9. The monoisotopic (exact) mass is 581 g/mol. The van der Waals surface area contributed by atoms with Gasteiger partial charge in [0, 0.05) is 19.4 Å². The van der Waals surface area contributed by atoms with Crippen molar-refractivity contribution >= 4 is 41.6 Å². The Hall–Kier alpha value is -4.93. The molecule has 0 aliphatic heterocycles. The van der Waals surface area contributed by atoms with E-state index in [1.54, 1.807) is 0 Å². The van der Waals surface area contributed by atoms with Crippen molar-refractivity contribution in [2.45, 2.75) is 62.7 Å². The Morgan fingerprint density at radius 3 is 1.88 bits per heavy atom. The minimum absolute atomic E-state index is 0.0586. The molecule has 1 aromatic rings. The Morgan fingerprint density at radius 2 is 1.34 bits per heavy atom. The molecule has 4 atom stereocenters. The summed E-state index contributed by atoms with van der Waals surface area (Å²) >= 11 is 0. The second-order valence-electron chi connectivity index (χ2n) is 8.98. The first-order valence-electron chi connectivity index (χ1n) is 12.4. The van der Waals surface area contributed by atoms with E-state index in [-0.39, 0.29) is 43.9 Å². The van der Waals surface area contributed by atoms with Gasteiger partial charge in [-0.3, -0.25) is 29.0 Å². The van der Waals surface area contributed by atoms with Crippen LogP contribution >= 0.6 is 0 Å². The third kappa shape index (κ3) is 13.6. The summed E-state index contributed by atoms with van der Waals surface area (Å²) in [5.74, 6) is -7.36. The number of carboxylic acids is 3. The first-order valence-corrected chi connectivity index (χ1v) is 12.4. The average molecular weight is 582 g/mol. The second kappa shape index (κ2) is 16.9. The van der Waals surface area contributed by atoms with Gasteiger partial charge < -0.3 is 53.6 Å². The van der Waals surface area contributed by atoms with E-state index in [0.29, 0.717) is 5.56 Å². The molecule has 13 N–H and O–H groups in total. The fraction of sp³-hybridized carbons (Fsp3) is 0.458. The van der Waals surface area contributed by atoms with Gasteiger partial charge in [0.05, 0.1) is 12.5 Å². The molecule has 3 amide bonds. The maximum absolute atomic E-state index is 13.1. The van der Waals surface area contributed by atoms with Crippen LogP contribution < -0.4 is 33.2 Å². The average Bonchev–Trinajstić information content (AvgIpc) is 2.88. The zero-order chi connectivity index (χ0) is 31.1. The number of nitrogens with two attached hydrogens (primary N) is 3. The minimum Gasteiger partial charge on any atom is -0.508 e. The van der Waals surface area contributed by atoms with Crippen LogP contribution in [-0.4, -0.2) is 92.7 Å². The zero-order valence-corrected chi connectivity index (χ0v) is 22.0. The lowest BCUT2D eigenvalue weighted by Crippen LogP contribution is -2.57. The fourth-order valence-electron chi connectivity index (χ4n) is 3.46. The molecule has 0 spiro atoms. The number of nitrogens with zero attached hydrogens (tertiary/aromatic N) is 1. The first kappa shape index (κ1) is 34.1. The molecule has 0 saturated heterocycles. The van der Waals surface area contributed by atoms with Crippen molar-refractivity contribution in [3.8, 4) is 5.75 Å². The molecule has 0 radical (unpaired) electrons. The normalized spacial score (nSPS) is 13.5. The van der Waals surface area contributed by atoms with E-state index < -0.39 is 72.6 Å². The minimum atomic E-state index is -1.74. The van der Waals surface area contributed by atoms with Gasteiger partial charge in [0.25, 0.3) is 0 Å². The summed E-state index contributed by atoms with van der Waals surface area (Å²) in [5.41, 5.74) is 16.7. The van der Waals surface area contributed by atoms with Crippen LogP contribution in [0.3, 0.4) is 0 Å². The number of rotatable bonds is 18. The lowest BCUT2D eigenvalue weighted by molar-refractivity contribution is -0.143. The number of carbonyl (C=O) groups is 6. The molecule has 0 saturated carbocycles. The van der Waals surface area contributed by atoms with E-state index in [9.17, 15) is 44.1 Å². The lowest BCUT2D eigenvalue weighted by atomic mass is 10.0. The number of carboxylic acid groups (broad SMARTS) is 3. The largest absolute Gasteiger partial charge is 0.508 e. The van der Waals surface area contributed by atoms with Crippen molar-refractivity contribution in [1.82, 2.24) is 16.0 Å². The molecule has 0 aliphatic carbocycles. The predicted molar refractivity (Wildman–Crippen MR) is 142 cm³/mol. The predicted octanol–water partition coefficient (Wildman–Crippen LogP) is -2.81. The van der Waals surface area contributed by atoms with Crippen LogP contribution in [0.15, 0.2) is 29.3 Å². The van der Waals surface area contributed by atoms with Gasteiger partial charge in [0.1, 0.15) is 23.9 Å².